The second-order valence-corrected chi connectivity index (χ2v) is 4.77. The van der Waals surface area contributed by atoms with Crippen molar-refractivity contribution < 1.29 is 9.21 Å². The zero-order valence-corrected chi connectivity index (χ0v) is 11.1. The molecule has 2 heterocycles. The van der Waals surface area contributed by atoms with Crippen LogP contribution in [-0.4, -0.2) is 10.8 Å². The Morgan fingerprint density at radius 2 is 2.16 bits per heavy atom. The zero-order valence-electron chi connectivity index (χ0n) is 10.4. The standard InChI is InChI=1S/C15H12ClNO2/c1-2-14-11(5-6-19-14)15(18)12-8-17-13-7-9(16)3-4-10(12)13/h3-8,17H,2H2,1H3. The van der Waals surface area contributed by atoms with Crippen LogP contribution in [0.15, 0.2) is 41.1 Å². The molecule has 96 valence electrons. The van der Waals surface area contributed by atoms with E-state index in [1.807, 2.05) is 19.1 Å². The van der Waals surface area contributed by atoms with Crippen LogP contribution in [0.4, 0.5) is 0 Å². The third-order valence-corrected chi connectivity index (χ3v) is 3.43. The third-order valence-electron chi connectivity index (χ3n) is 3.20. The monoisotopic (exact) mass is 273 g/mol. The van der Waals surface area contributed by atoms with Crippen LogP contribution >= 0.6 is 11.6 Å². The SMILES string of the molecule is CCc1occc1C(=O)c1c[nH]c2cc(Cl)ccc12. The topological polar surface area (TPSA) is 46.0 Å². The highest BCUT2D eigenvalue weighted by Crippen LogP contribution is 2.25. The van der Waals surface area contributed by atoms with Gasteiger partial charge in [0.15, 0.2) is 5.78 Å². The van der Waals surface area contributed by atoms with Gasteiger partial charge in [-0.25, -0.2) is 0 Å². The molecule has 3 nitrogen and oxygen atoms in total. The molecule has 1 aromatic carbocycles. The van der Waals surface area contributed by atoms with Gasteiger partial charge in [-0.1, -0.05) is 24.6 Å². The molecule has 0 aliphatic heterocycles. The number of aryl methyl sites for hydroxylation is 1. The highest BCUT2D eigenvalue weighted by Gasteiger charge is 2.18. The number of aromatic amines is 1. The van der Waals surface area contributed by atoms with Gasteiger partial charge in [0.1, 0.15) is 5.76 Å². The van der Waals surface area contributed by atoms with Crippen molar-refractivity contribution in [2.75, 3.05) is 0 Å². The first-order valence-electron chi connectivity index (χ1n) is 6.08. The minimum atomic E-state index is -0.0285. The summed E-state index contributed by atoms with van der Waals surface area (Å²) in [6.45, 7) is 1.96. The number of rotatable bonds is 3. The Kier molecular flexibility index (Phi) is 2.91. The van der Waals surface area contributed by atoms with Gasteiger partial charge in [0.25, 0.3) is 0 Å². The van der Waals surface area contributed by atoms with E-state index >= 15 is 0 Å². The molecule has 0 spiro atoms. The van der Waals surface area contributed by atoms with Crippen molar-refractivity contribution in [3.8, 4) is 0 Å². The molecule has 0 atom stereocenters. The van der Waals surface area contributed by atoms with Gasteiger partial charge in [0.2, 0.25) is 0 Å². The number of nitrogens with one attached hydrogen (secondary N) is 1. The number of ketones is 1. The molecule has 0 aliphatic rings. The van der Waals surface area contributed by atoms with E-state index in [0.717, 1.165) is 10.9 Å². The van der Waals surface area contributed by atoms with E-state index in [4.69, 9.17) is 16.0 Å². The second-order valence-electron chi connectivity index (χ2n) is 4.33. The Labute approximate surface area is 115 Å². The van der Waals surface area contributed by atoms with Crippen LogP contribution in [0.2, 0.25) is 5.02 Å². The summed E-state index contributed by atoms with van der Waals surface area (Å²) in [4.78, 5) is 15.6. The molecule has 0 saturated heterocycles. The van der Waals surface area contributed by atoms with Gasteiger partial charge in [-0.3, -0.25) is 4.79 Å². The Morgan fingerprint density at radius 3 is 2.95 bits per heavy atom. The molecule has 2 aromatic heterocycles. The summed E-state index contributed by atoms with van der Waals surface area (Å²) in [6, 6.07) is 7.16. The van der Waals surface area contributed by atoms with Crippen molar-refractivity contribution in [3.63, 3.8) is 0 Å². The lowest BCUT2D eigenvalue weighted by Crippen LogP contribution is -2.01. The number of aromatic nitrogens is 1. The van der Waals surface area contributed by atoms with Crippen LogP contribution in [0, 0.1) is 0 Å². The summed E-state index contributed by atoms with van der Waals surface area (Å²) in [5.74, 6) is 0.687. The maximum Gasteiger partial charge on any atom is 0.198 e. The molecule has 0 amide bonds. The van der Waals surface area contributed by atoms with Gasteiger partial charge in [0.05, 0.1) is 11.8 Å². The summed E-state index contributed by atoms with van der Waals surface area (Å²) in [5, 5.41) is 1.52. The fourth-order valence-electron chi connectivity index (χ4n) is 2.25. The first-order valence-corrected chi connectivity index (χ1v) is 6.46. The van der Waals surface area contributed by atoms with Crippen molar-refractivity contribution in [2.24, 2.45) is 0 Å². The molecule has 0 radical (unpaired) electrons. The van der Waals surface area contributed by atoms with Crippen LogP contribution in [0.25, 0.3) is 10.9 Å². The number of hydrogen-bond acceptors (Lipinski definition) is 2. The molecule has 1 N–H and O–H groups in total. The lowest BCUT2D eigenvalue weighted by atomic mass is 10.0. The van der Waals surface area contributed by atoms with Gasteiger partial charge in [0, 0.05) is 34.1 Å². The molecular formula is C15H12ClNO2. The Morgan fingerprint density at radius 1 is 1.32 bits per heavy atom. The third kappa shape index (κ3) is 1.96. The molecule has 4 heteroatoms. The fraction of sp³-hybridized carbons (Fsp3) is 0.133. The summed E-state index contributed by atoms with van der Waals surface area (Å²) in [5.41, 5.74) is 2.12. The second kappa shape index (κ2) is 4.59. The number of fused-ring (bicyclic) bond motifs is 1. The zero-order chi connectivity index (χ0) is 13.4. The first kappa shape index (κ1) is 12.1. The van der Waals surface area contributed by atoms with Gasteiger partial charge < -0.3 is 9.40 Å². The number of H-pyrrole nitrogens is 1. The minimum absolute atomic E-state index is 0.0285. The number of halogens is 1. The maximum absolute atomic E-state index is 12.5. The maximum atomic E-state index is 12.5. The average Bonchev–Trinajstić information content (AvgIpc) is 3.03. The molecule has 0 aliphatic carbocycles. The number of furan rings is 1. The average molecular weight is 274 g/mol. The highest BCUT2D eigenvalue weighted by molar-refractivity contribution is 6.31. The molecule has 0 fully saturated rings. The largest absolute Gasteiger partial charge is 0.469 e. The van der Waals surface area contributed by atoms with E-state index in [1.165, 1.54) is 0 Å². The van der Waals surface area contributed by atoms with Gasteiger partial charge >= 0.3 is 0 Å². The van der Waals surface area contributed by atoms with E-state index in [-0.39, 0.29) is 5.78 Å². The highest BCUT2D eigenvalue weighted by atomic mass is 35.5. The molecule has 3 aromatic rings. The van der Waals surface area contributed by atoms with Crippen LogP contribution in [0.5, 0.6) is 0 Å². The first-order chi connectivity index (χ1) is 9.20. The molecule has 0 saturated carbocycles. The summed E-state index contributed by atoms with van der Waals surface area (Å²) in [7, 11) is 0. The smallest absolute Gasteiger partial charge is 0.198 e. The number of benzene rings is 1. The Bertz CT molecular complexity index is 754. The van der Waals surface area contributed by atoms with E-state index in [9.17, 15) is 4.79 Å². The Hall–Kier alpha value is -2.00. The van der Waals surface area contributed by atoms with Gasteiger partial charge in [-0.2, -0.15) is 0 Å². The minimum Gasteiger partial charge on any atom is -0.469 e. The van der Waals surface area contributed by atoms with E-state index < -0.39 is 0 Å². The van der Waals surface area contributed by atoms with E-state index in [1.54, 1.807) is 24.6 Å². The lowest BCUT2D eigenvalue weighted by Gasteiger charge is -1.99. The van der Waals surface area contributed by atoms with Gasteiger partial charge in [-0.15, -0.1) is 0 Å². The summed E-state index contributed by atoms with van der Waals surface area (Å²) >= 11 is 5.93. The summed E-state index contributed by atoms with van der Waals surface area (Å²) in [6.07, 6.45) is 3.97. The summed E-state index contributed by atoms with van der Waals surface area (Å²) < 4.78 is 5.31. The molecule has 0 unspecified atom stereocenters. The van der Waals surface area contributed by atoms with E-state index in [0.29, 0.717) is 28.3 Å². The number of carbonyl (C=O) groups excluding carboxylic acids is 1. The van der Waals surface area contributed by atoms with Crippen LogP contribution in [0.1, 0.15) is 28.6 Å². The van der Waals surface area contributed by atoms with E-state index in [2.05, 4.69) is 4.98 Å². The quantitative estimate of drug-likeness (QED) is 0.727. The molecule has 0 bridgehead atoms. The van der Waals surface area contributed by atoms with Crippen molar-refractivity contribution in [1.29, 1.82) is 0 Å². The predicted octanol–water partition coefficient (Wildman–Crippen LogP) is 4.21. The molecule has 3 rings (SSSR count). The van der Waals surface area contributed by atoms with Crippen molar-refractivity contribution in [2.45, 2.75) is 13.3 Å². The van der Waals surface area contributed by atoms with Crippen molar-refractivity contribution >= 4 is 28.3 Å². The number of carbonyl (C=O) groups is 1. The molecule has 19 heavy (non-hydrogen) atoms. The van der Waals surface area contributed by atoms with Crippen molar-refractivity contribution in [3.05, 3.63) is 58.6 Å². The Balaban J connectivity index is 2.12. The van der Waals surface area contributed by atoms with Crippen LogP contribution in [0.3, 0.4) is 0 Å². The number of hydrogen-bond donors (Lipinski definition) is 1. The normalized spacial score (nSPS) is 11.1. The predicted molar refractivity (Wildman–Crippen MR) is 74.8 cm³/mol. The van der Waals surface area contributed by atoms with Crippen LogP contribution < -0.4 is 0 Å². The molecular weight excluding hydrogens is 262 g/mol. The van der Waals surface area contributed by atoms with Gasteiger partial charge in [-0.05, 0) is 18.2 Å². The fourth-order valence-corrected chi connectivity index (χ4v) is 2.42. The van der Waals surface area contributed by atoms with Crippen LogP contribution in [-0.2, 0) is 6.42 Å². The van der Waals surface area contributed by atoms with Crippen molar-refractivity contribution in [1.82, 2.24) is 4.98 Å². The lowest BCUT2D eigenvalue weighted by molar-refractivity contribution is 0.103.